The Balaban J connectivity index is 1.93. The number of para-hydroxylation sites is 1. The predicted octanol–water partition coefficient (Wildman–Crippen LogP) is 3.75. The number of rotatable bonds is 4. The van der Waals surface area contributed by atoms with Gasteiger partial charge in [-0.25, -0.2) is 4.79 Å². The van der Waals surface area contributed by atoms with Crippen molar-refractivity contribution in [3.63, 3.8) is 0 Å². The molecule has 0 heterocycles. The minimum absolute atomic E-state index is 0.364. The Hall–Kier alpha value is -2.33. The maximum Gasteiger partial charge on any atom is 0.338 e. The number of halogens is 1. The van der Waals surface area contributed by atoms with Crippen LogP contribution in [-0.4, -0.2) is 18.5 Å². The van der Waals surface area contributed by atoms with Crippen LogP contribution in [0.25, 0.3) is 0 Å². The fourth-order valence-corrected chi connectivity index (χ4v) is 2.24. The van der Waals surface area contributed by atoms with Gasteiger partial charge in [-0.3, -0.25) is 4.79 Å². The van der Waals surface area contributed by atoms with Gasteiger partial charge in [-0.05, 0) is 38.1 Å². The second-order valence-electron chi connectivity index (χ2n) is 4.98. The lowest BCUT2D eigenvalue weighted by Crippen LogP contribution is -2.21. The zero-order chi connectivity index (χ0) is 16.1. The zero-order valence-electron chi connectivity index (χ0n) is 12.4. The third-order valence-electron chi connectivity index (χ3n) is 2.94. The van der Waals surface area contributed by atoms with Gasteiger partial charge in [-0.15, -0.1) is 0 Å². The molecule has 0 saturated heterocycles. The van der Waals surface area contributed by atoms with E-state index in [1.54, 1.807) is 36.4 Å². The molecule has 2 aromatic rings. The number of ether oxygens (including phenoxy) is 1. The summed E-state index contributed by atoms with van der Waals surface area (Å²) in [4.78, 5) is 23.7. The highest BCUT2D eigenvalue weighted by Crippen LogP contribution is 2.20. The number of hydrogen-bond donors (Lipinski definition) is 1. The van der Waals surface area contributed by atoms with Crippen molar-refractivity contribution in [1.82, 2.24) is 0 Å². The lowest BCUT2D eigenvalue weighted by Gasteiger charge is -2.08. The Bertz CT molecular complexity index is 693. The lowest BCUT2D eigenvalue weighted by molar-refractivity contribution is -0.119. The molecule has 1 N–H and O–H groups in total. The molecule has 0 radical (unpaired) electrons. The van der Waals surface area contributed by atoms with Gasteiger partial charge in [0.2, 0.25) is 0 Å². The summed E-state index contributed by atoms with van der Waals surface area (Å²) >= 11 is 5.94. The Morgan fingerprint density at radius 2 is 1.73 bits per heavy atom. The minimum Gasteiger partial charge on any atom is -0.452 e. The summed E-state index contributed by atoms with van der Waals surface area (Å²) in [5.74, 6) is -0.966. The van der Waals surface area contributed by atoms with Crippen molar-refractivity contribution in [2.75, 3.05) is 11.9 Å². The van der Waals surface area contributed by atoms with Gasteiger partial charge in [0, 0.05) is 0 Å². The quantitative estimate of drug-likeness (QED) is 0.874. The maximum absolute atomic E-state index is 11.9. The first-order chi connectivity index (χ1) is 10.5. The molecule has 5 heteroatoms. The normalized spacial score (nSPS) is 10.1. The van der Waals surface area contributed by atoms with Crippen LogP contribution < -0.4 is 5.32 Å². The number of amides is 1. The van der Waals surface area contributed by atoms with Crippen molar-refractivity contribution in [3.8, 4) is 0 Å². The van der Waals surface area contributed by atoms with Gasteiger partial charge < -0.3 is 10.1 Å². The molecule has 0 aliphatic rings. The highest BCUT2D eigenvalue weighted by molar-refractivity contribution is 6.33. The molecule has 0 spiro atoms. The minimum atomic E-state index is -0.527. The number of nitrogens with one attached hydrogen (secondary N) is 1. The number of carbonyl (C=O) groups is 2. The molecule has 0 unspecified atom stereocenters. The Kier molecular flexibility index (Phi) is 5.17. The first kappa shape index (κ1) is 16.0. The van der Waals surface area contributed by atoms with E-state index < -0.39 is 11.9 Å². The fraction of sp³-hybridized carbons (Fsp3) is 0.176. The summed E-state index contributed by atoms with van der Waals surface area (Å²) in [6, 6.07) is 12.3. The van der Waals surface area contributed by atoms with E-state index in [1.807, 2.05) is 19.9 Å². The molecule has 2 rings (SSSR count). The highest BCUT2D eigenvalue weighted by atomic mass is 35.5. The van der Waals surface area contributed by atoms with Crippen LogP contribution in [0.2, 0.25) is 5.02 Å². The van der Waals surface area contributed by atoms with Crippen molar-refractivity contribution in [2.45, 2.75) is 13.8 Å². The molecule has 0 aliphatic heterocycles. The largest absolute Gasteiger partial charge is 0.452 e. The van der Waals surface area contributed by atoms with E-state index >= 15 is 0 Å². The number of anilines is 1. The topological polar surface area (TPSA) is 55.4 Å². The van der Waals surface area contributed by atoms with Gasteiger partial charge in [0.15, 0.2) is 6.61 Å². The second kappa shape index (κ2) is 7.09. The van der Waals surface area contributed by atoms with E-state index in [2.05, 4.69) is 5.32 Å². The number of carbonyl (C=O) groups excluding carboxylic acids is 2. The standard InChI is InChI=1S/C17H16ClNO3/c1-11-7-12(2)9-13(8-11)17(21)22-10-16(20)19-15-6-4-3-5-14(15)18/h3-9H,10H2,1-2H3,(H,19,20). The summed E-state index contributed by atoms with van der Waals surface area (Å²) in [5, 5.41) is 3.02. The van der Waals surface area contributed by atoms with Crippen molar-refractivity contribution < 1.29 is 14.3 Å². The van der Waals surface area contributed by atoms with Crippen molar-refractivity contribution in [3.05, 3.63) is 64.2 Å². The molecule has 0 atom stereocenters. The number of esters is 1. The molecule has 0 aromatic heterocycles. The van der Waals surface area contributed by atoms with E-state index in [1.165, 1.54) is 0 Å². The molecule has 114 valence electrons. The zero-order valence-corrected chi connectivity index (χ0v) is 13.1. The summed E-state index contributed by atoms with van der Waals surface area (Å²) in [5.41, 5.74) is 2.85. The van der Waals surface area contributed by atoms with Crippen LogP contribution >= 0.6 is 11.6 Å². The van der Waals surface area contributed by atoms with Crippen LogP contribution in [0.4, 0.5) is 5.69 Å². The summed E-state index contributed by atoms with van der Waals surface area (Å²) in [6.07, 6.45) is 0. The average Bonchev–Trinajstić information content (AvgIpc) is 2.46. The Morgan fingerprint density at radius 1 is 1.09 bits per heavy atom. The van der Waals surface area contributed by atoms with Crippen molar-refractivity contribution >= 4 is 29.2 Å². The maximum atomic E-state index is 11.9. The van der Waals surface area contributed by atoms with Crippen molar-refractivity contribution in [1.29, 1.82) is 0 Å². The van der Waals surface area contributed by atoms with Crippen LogP contribution in [0.5, 0.6) is 0 Å². The highest BCUT2D eigenvalue weighted by Gasteiger charge is 2.12. The van der Waals surface area contributed by atoms with Crippen LogP contribution in [-0.2, 0) is 9.53 Å². The van der Waals surface area contributed by atoms with Crippen LogP contribution in [0.15, 0.2) is 42.5 Å². The van der Waals surface area contributed by atoms with E-state index in [4.69, 9.17) is 16.3 Å². The van der Waals surface area contributed by atoms with Crippen LogP contribution in [0.1, 0.15) is 21.5 Å². The average molecular weight is 318 g/mol. The molecule has 0 aliphatic carbocycles. The smallest absolute Gasteiger partial charge is 0.338 e. The van der Waals surface area contributed by atoms with Gasteiger partial charge >= 0.3 is 5.97 Å². The summed E-state index contributed by atoms with van der Waals surface area (Å²) in [7, 11) is 0. The first-order valence-corrected chi connectivity index (χ1v) is 7.13. The molecule has 1 amide bonds. The fourth-order valence-electron chi connectivity index (χ4n) is 2.06. The number of benzene rings is 2. The third kappa shape index (κ3) is 4.33. The Labute approximate surface area is 134 Å². The predicted molar refractivity (Wildman–Crippen MR) is 86.3 cm³/mol. The molecule has 0 saturated carbocycles. The van der Waals surface area contributed by atoms with Crippen LogP contribution in [0.3, 0.4) is 0 Å². The van der Waals surface area contributed by atoms with Gasteiger partial charge in [0.05, 0.1) is 16.3 Å². The van der Waals surface area contributed by atoms with Gasteiger partial charge in [-0.1, -0.05) is 40.9 Å². The van der Waals surface area contributed by atoms with Crippen LogP contribution in [0, 0.1) is 13.8 Å². The van der Waals surface area contributed by atoms with Gasteiger partial charge in [0.25, 0.3) is 5.91 Å². The third-order valence-corrected chi connectivity index (χ3v) is 3.27. The summed E-state index contributed by atoms with van der Waals surface area (Å²) in [6.45, 7) is 3.43. The van der Waals surface area contributed by atoms with Crippen molar-refractivity contribution in [2.24, 2.45) is 0 Å². The monoisotopic (exact) mass is 317 g/mol. The van der Waals surface area contributed by atoms with E-state index in [9.17, 15) is 9.59 Å². The second-order valence-corrected chi connectivity index (χ2v) is 5.39. The van der Waals surface area contributed by atoms with E-state index in [0.29, 0.717) is 16.3 Å². The molecule has 4 nitrogen and oxygen atoms in total. The first-order valence-electron chi connectivity index (χ1n) is 6.75. The molecule has 0 bridgehead atoms. The van der Waals surface area contributed by atoms with Gasteiger partial charge in [-0.2, -0.15) is 0 Å². The lowest BCUT2D eigenvalue weighted by atomic mass is 10.1. The molecule has 2 aromatic carbocycles. The molecular formula is C17H16ClNO3. The van der Waals surface area contributed by atoms with Gasteiger partial charge in [0.1, 0.15) is 0 Å². The van der Waals surface area contributed by atoms with E-state index in [0.717, 1.165) is 11.1 Å². The molecular weight excluding hydrogens is 302 g/mol. The summed E-state index contributed by atoms with van der Waals surface area (Å²) < 4.78 is 5.02. The SMILES string of the molecule is Cc1cc(C)cc(C(=O)OCC(=O)Nc2ccccc2Cl)c1. The van der Waals surface area contributed by atoms with E-state index in [-0.39, 0.29) is 6.61 Å². The number of aryl methyl sites for hydroxylation is 2. The molecule has 0 fully saturated rings. The Morgan fingerprint density at radius 3 is 2.36 bits per heavy atom. The molecule has 22 heavy (non-hydrogen) atoms. The number of hydrogen-bond acceptors (Lipinski definition) is 3.